The fourth-order valence-corrected chi connectivity index (χ4v) is 2.93. The summed E-state index contributed by atoms with van der Waals surface area (Å²) in [6.07, 6.45) is 4.13. The molecule has 130 valence electrons. The van der Waals surface area contributed by atoms with Crippen molar-refractivity contribution in [2.45, 2.75) is 6.92 Å². The second-order valence-electron chi connectivity index (χ2n) is 5.64. The molecule has 0 atom stereocenters. The van der Waals surface area contributed by atoms with Crippen LogP contribution in [0.25, 0.3) is 32.9 Å². The zero-order valence-corrected chi connectivity index (χ0v) is 13.9. The Kier molecular flexibility index (Phi) is 3.89. The molecule has 4 rings (SSSR count). The lowest BCUT2D eigenvalue weighted by Crippen LogP contribution is -2.10. The number of carbonyl (C=O) groups excluding carboxylic acids is 1. The Morgan fingerprint density at radius 2 is 2.12 bits per heavy atom. The van der Waals surface area contributed by atoms with Crippen LogP contribution in [-0.4, -0.2) is 27.7 Å². The quantitative estimate of drug-likeness (QED) is 0.551. The zero-order chi connectivity index (χ0) is 18.1. The number of H-pyrrole nitrogens is 2. The fourth-order valence-electron chi connectivity index (χ4n) is 2.93. The van der Waals surface area contributed by atoms with Crippen LogP contribution in [0.3, 0.4) is 0 Å². The monoisotopic (exact) mass is 349 g/mol. The zero-order valence-electron chi connectivity index (χ0n) is 13.9. The number of pyridine rings is 2. The maximum absolute atomic E-state index is 12.3. The average Bonchev–Trinajstić information content (AvgIpc) is 3.07. The largest absolute Gasteiger partial charge is 0.513 e. The van der Waals surface area contributed by atoms with Gasteiger partial charge in [0.2, 0.25) is 0 Å². The van der Waals surface area contributed by atoms with Gasteiger partial charge in [-0.1, -0.05) is 12.1 Å². The normalized spacial score (nSPS) is 11.0. The van der Waals surface area contributed by atoms with Crippen LogP contribution in [-0.2, 0) is 4.74 Å². The summed E-state index contributed by atoms with van der Waals surface area (Å²) in [7, 11) is 0. The van der Waals surface area contributed by atoms with Gasteiger partial charge in [-0.05, 0) is 30.7 Å². The lowest BCUT2D eigenvalue weighted by molar-refractivity contribution is 0.105. The number of aromatic amines is 2. The molecule has 1 aromatic carbocycles. The molecule has 0 aliphatic carbocycles. The van der Waals surface area contributed by atoms with Gasteiger partial charge in [0, 0.05) is 35.1 Å². The minimum atomic E-state index is -0.815. The number of carbonyl (C=O) groups is 1. The van der Waals surface area contributed by atoms with Gasteiger partial charge in [-0.15, -0.1) is 0 Å². The lowest BCUT2D eigenvalue weighted by atomic mass is 10.0. The van der Waals surface area contributed by atoms with Crippen LogP contribution in [0.2, 0.25) is 0 Å². The Labute approximate surface area is 147 Å². The van der Waals surface area contributed by atoms with Crippen LogP contribution < -0.4 is 10.3 Å². The van der Waals surface area contributed by atoms with Crippen LogP contribution in [0.4, 0.5) is 4.79 Å². The van der Waals surface area contributed by atoms with Gasteiger partial charge in [0.15, 0.2) is 5.75 Å². The number of aromatic nitrogens is 3. The highest BCUT2D eigenvalue weighted by molar-refractivity contribution is 6.09. The molecule has 0 radical (unpaired) electrons. The highest BCUT2D eigenvalue weighted by Crippen LogP contribution is 2.32. The molecule has 0 fully saturated rings. The Hall–Kier alpha value is -3.61. The summed E-state index contributed by atoms with van der Waals surface area (Å²) in [6.45, 7) is 1.89. The average molecular weight is 349 g/mol. The number of benzene rings is 1. The summed E-state index contributed by atoms with van der Waals surface area (Å²) < 4.78 is 10.1. The number of nitrogens with zero attached hydrogens (tertiary/aromatic N) is 1. The first kappa shape index (κ1) is 15.9. The molecule has 0 aliphatic heterocycles. The molecule has 0 bridgehead atoms. The number of fused-ring (bicyclic) bond motifs is 3. The summed E-state index contributed by atoms with van der Waals surface area (Å²) in [5.74, 6) is 0.248. The van der Waals surface area contributed by atoms with E-state index < -0.39 is 6.16 Å². The molecular weight excluding hydrogens is 334 g/mol. The Bertz CT molecular complexity index is 1160. The van der Waals surface area contributed by atoms with E-state index in [1.165, 1.54) is 6.20 Å². The standard InChI is InChI=1S/C19H15N3O4/c1-2-25-19(24)26-15-10-21-17-16(15)13-8-11(12-4-3-7-20-9-12)5-6-14(13)22-18(17)23/h3-10,21H,2H2,1H3,(H,22,23). The first-order valence-electron chi connectivity index (χ1n) is 8.09. The minimum Gasteiger partial charge on any atom is -0.434 e. The minimum absolute atomic E-state index is 0.202. The molecule has 0 unspecified atom stereocenters. The predicted molar refractivity (Wildman–Crippen MR) is 97.3 cm³/mol. The van der Waals surface area contributed by atoms with Crippen LogP contribution in [0.1, 0.15) is 6.92 Å². The maximum Gasteiger partial charge on any atom is 0.513 e. The van der Waals surface area contributed by atoms with Crippen LogP contribution in [0.15, 0.2) is 53.7 Å². The van der Waals surface area contributed by atoms with Crippen molar-refractivity contribution in [1.82, 2.24) is 15.0 Å². The van der Waals surface area contributed by atoms with E-state index in [0.29, 0.717) is 16.4 Å². The van der Waals surface area contributed by atoms with E-state index in [0.717, 1.165) is 16.5 Å². The predicted octanol–water partition coefficient (Wildman–Crippen LogP) is 3.61. The number of nitrogens with one attached hydrogen (secondary N) is 2. The van der Waals surface area contributed by atoms with E-state index in [2.05, 4.69) is 15.0 Å². The fraction of sp³-hybridized carbons (Fsp3) is 0.105. The van der Waals surface area contributed by atoms with Gasteiger partial charge in [0.05, 0.1) is 12.0 Å². The van der Waals surface area contributed by atoms with Crippen molar-refractivity contribution in [3.05, 3.63) is 59.3 Å². The van der Waals surface area contributed by atoms with Crippen molar-refractivity contribution in [3.8, 4) is 16.9 Å². The van der Waals surface area contributed by atoms with Crippen LogP contribution in [0, 0.1) is 0 Å². The van der Waals surface area contributed by atoms with E-state index in [4.69, 9.17) is 9.47 Å². The summed E-state index contributed by atoms with van der Waals surface area (Å²) in [5, 5.41) is 1.28. The van der Waals surface area contributed by atoms with E-state index in [1.54, 1.807) is 19.3 Å². The first-order chi connectivity index (χ1) is 12.7. The topological polar surface area (TPSA) is 97.1 Å². The second-order valence-corrected chi connectivity index (χ2v) is 5.64. The maximum atomic E-state index is 12.3. The van der Waals surface area contributed by atoms with Gasteiger partial charge >= 0.3 is 6.16 Å². The van der Waals surface area contributed by atoms with Crippen molar-refractivity contribution in [3.63, 3.8) is 0 Å². The molecule has 0 saturated heterocycles. The highest BCUT2D eigenvalue weighted by Gasteiger charge is 2.16. The summed E-state index contributed by atoms with van der Waals surface area (Å²) in [4.78, 5) is 33.8. The molecular formula is C19H15N3O4. The summed E-state index contributed by atoms with van der Waals surface area (Å²) >= 11 is 0. The van der Waals surface area contributed by atoms with E-state index in [1.807, 2.05) is 30.3 Å². The van der Waals surface area contributed by atoms with Crippen LogP contribution in [0.5, 0.6) is 5.75 Å². The van der Waals surface area contributed by atoms with Crippen molar-refractivity contribution in [2.75, 3.05) is 6.61 Å². The smallest absolute Gasteiger partial charge is 0.434 e. The molecule has 7 heteroatoms. The molecule has 3 aromatic heterocycles. The van der Waals surface area contributed by atoms with Gasteiger partial charge in [-0.25, -0.2) is 4.79 Å². The van der Waals surface area contributed by atoms with E-state index in [-0.39, 0.29) is 17.9 Å². The van der Waals surface area contributed by atoms with Crippen molar-refractivity contribution in [1.29, 1.82) is 0 Å². The van der Waals surface area contributed by atoms with Gasteiger partial charge < -0.3 is 19.4 Å². The molecule has 0 amide bonds. The molecule has 2 N–H and O–H groups in total. The number of rotatable bonds is 3. The van der Waals surface area contributed by atoms with E-state index >= 15 is 0 Å². The third kappa shape index (κ3) is 2.69. The Balaban J connectivity index is 1.95. The van der Waals surface area contributed by atoms with Gasteiger partial charge in [-0.2, -0.15) is 0 Å². The van der Waals surface area contributed by atoms with Gasteiger partial charge in [0.1, 0.15) is 5.52 Å². The molecule has 4 aromatic rings. The Morgan fingerprint density at radius 1 is 1.23 bits per heavy atom. The Morgan fingerprint density at radius 3 is 2.88 bits per heavy atom. The third-order valence-electron chi connectivity index (χ3n) is 4.06. The first-order valence-corrected chi connectivity index (χ1v) is 8.09. The van der Waals surface area contributed by atoms with Gasteiger partial charge in [-0.3, -0.25) is 9.78 Å². The van der Waals surface area contributed by atoms with Crippen molar-refractivity contribution >= 4 is 28.0 Å². The highest BCUT2D eigenvalue weighted by atomic mass is 16.7. The van der Waals surface area contributed by atoms with Crippen LogP contribution >= 0.6 is 0 Å². The molecule has 0 saturated carbocycles. The molecule has 0 spiro atoms. The van der Waals surface area contributed by atoms with E-state index in [9.17, 15) is 9.59 Å². The third-order valence-corrected chi connectivity index (χ3v) is 4.06. The SMILES string of the molecule is CCOC(=O)Oc1c[nH]c2c(=O)[nH]c3ccc(-c4cccnc4)cc3c12. The molecule has 3 heterocycles. The summed E-state index contributed by atoms with van der Waals surface area (Å²) in [6, 6.07) is 9.45. The number of ether oxygens (including phenoxy) is 2. The number of hydrogen-bond donors (Lipinski definition) is 2. The van der Waals surface area contributed by atoms with Gasteiger partial charge in [0.25, 0.3) is 5.56 Å². The lowest BCUT2D eigenvalue weighted by Gasteiger charge is -2.07. The molecule has 0 aliphatic rings. The summed E-state index contributed by atoms with van der Waals surface area (Å²) in [5.41, 5.74) is 2.56. The van der Waals surface area contributed by atoms with Crippen molar-refractivity contribution in [2.24, 2.45) is 0 Å². The second kappa shape index (κ2) is 6.36. The number of hydrogen-bond acceptors (Lipinski definition) is 5. The molecule has 7 nitrogen and oxygen atoms in total. The molecule has 26 heavy (non-hydrogen) atoms. The van der Waals surface area contributed by atoms with Crippen molar-refractivity contribution < 1.29 is 14.3 Å².